The molecule has 16 heavy (non-hydrogen) atoms. The average molecular weight is 236 g/mol. The van der Waals surface area contributed by atoms with E-state index >= 15 is 0 Å². The predicted octanol–water partition coefficient (Wildman–Crippen LogP) is 3.85. The second-order valence-electron chi connectivity index (χ2n) is 3.73. The molecule has 2 nitrogen and oxygen atoms in total. The fourth-order valence-corrected chi connectivity index (χ4v) is 2.00. The second kappa shape index (κ2) is 4.71. The SMILES string of the molecule is CCCc1cc(Cl)c2cc(OC)ccc2n1. The van der Waals surface area contributed by atoms with Crippen LogP contribution in [0.15, 0.2) is 24.3 Å². The summed E-state index contributed by atoms with van der Waals surface area (Å²) in [6.45, 7) is 2.13. The lowest BCUT2D eigenvalue weighted by Gasteiger charge is -2.06. The molecule has 1 heterocycles. The Morgan fingerprint density at radius 3 is 2.81 bits per heavy atom. The molecule has 1 aromatic carbocycles. The summed E-state index contributed by atoms with van der Waals surface area (Å²) in [5.41, 5.74) is 1.97. The summed E-state index contributed by atoms with van der Waals surface area (Å²) in [6.07, 6.45) is 2.03. The molecule has 2 aromatic rings. The lowest BCUT2D eigenvalue weighted by Crippen LogP contribution is -1.91. The van der Waals surface area contributed by atoms with Gasteiger partial charge in [0.05, 0.1) is 17.6 Å². The monoisotopic (exact) mass is 235 g/mol. The normalized spacial score (nSPS) is 10.7. The Kier molecular flexibility index (Phi) is 3.30. The molecule has 0 aliphatic rings. The van der Waals surface area contributed by atoms with Crippen LogP contribution in [0.4, 0.5) is 0 Å². The number of rotatable bonds is 3. The van der Waals surface area contributed by atoms with Gasteiger partial charge in [0.2, 0.25) is 0 Å². The number of hydrogen-bond acceptors (Lipinski definition) is 2. The number of fused-ring (bicyclic) bond motifs is 1. The number of benzene rings is 1. The predicted molar refractivity (Wildman–Crippen MR) is 67.3 cm³/mol. The first-order valence-corrected chi connectivity index (χ1v) is 5.75. The highest BCUT2D eigenvalue weighted by Gasteiger charge is 2.05. The van der Waals surface area contributed by atoms with Crippen LogP contribution in [0.2, 0.25) is 5.02 Å². The number of aromatic nitrogens is 1. The van der Waals surface area contributed by atoms with E-state index in [1.165, 1.54) is 0 Å². The van der Waals surface area contributed by atoms with Gasteiger partial charge in [0.15, 0.2) is 0 Å². The van der Waals surface area contributed by atoms with Gasteiger partial charge in [0.1, 0.15) is 5.75 Å². The van der Waals surface area contributed by atoms with Crippen molar-refractivity contribution in [2.75, 3.05) is 7.11 Å². The molecule has 2 rings (SSSR count). The van der Waals surface area contributed by atoms with Gasteiger partial charge >= 0.3 is 0 Å². The molecule has 0 atom stereocenters. The van der Waals surface area contributed by atoms with Gasteiger partial charge in [-0.15, -0.1) is 0 Å². The summed E-state index contributed by atoms with van der Waals surface area (Å²) >= 11 is 6.23. The number of halogens is 1. The van der Waals surface area contributed by atoms with Crippen molar-refractivity contribution in [3.63, 3.8) is 0 Å². The first-order valence-electron chi connectivity index (χ1n) is 5.37. The Hall–Kier alpha value is -1.28. The summed E-state index contributed by atoms with van der Waals surface area (Å²) in [5, 5.41) is 1.69. The van der Waals surface area contributed by atoms with Crippen molar-refractivity contribution in [2.45, 2.75) is 19.8 Å². The smallest absolute Gasteiger partial charge is 0.119 e. The van der Waals surface area contributed by atoms with E-state index < -0.39 is 0 Å². The van der Waals surface area contributed by atoms with Crippen LogP contribution in [0, 0.1) is 0 Å². The van der Waals surface area contributed by atoms with Crippen LogP contribution in [0.3, 0.4) is 0 Å². The molecule has 0 bridgehead atoms. The number of methoxy groups -OCH3 is 1. The first-order chi connectivity index (χ1) is 7.74. The van der Waals surface area contributed by atoms with Crippen molar-refractivity contribution in [2.24, 2.45) is 0 Å². The molecule has 0 radical (unpaired) electrons. The quantitative estimate of drug-likeness (QED) is 0.806. The fourth-order valence-electron chi connectivity index (χ4n) is 1.73. The molecule has 0 N–H and O–H groups in total. The number of pyridine rings is 1. The van der Waals surface area contributed by atoms with Gasteiger partial charge in [-0.25, -0.2) is 0 Å². The Labute approximate surface area is 100 Å². The van der Waals surface area contributed by atoms with Gasteiger partial charge < -0.3 is 4.74 Å². The molecule has 0 unspecified atom stereocenters. The van der Waals surface area contributed by atoms with Crippen molar-refractivity contribution in [1.29, 1.82) is 0 Å². The Morgan fingerprint density at radius 1 is 1.31 bits per heavy atom. The number of aryl methyl sites for hydroxylation is 1. The highest BCUT2D eigenvalue weighted by molar-refractivity contribution is 6.35. The van der Waals surface area contributed by atoms with Crippen LogP contribution in [-0.2, 0) is 6.42 Å². The molecule has 3 heteroatoms. The number of hydrogen-bond donors (Lipinski definition) is 0. The van der Waals surface area contributed by atoms with Gasteiger partial charge in [-0.1, -0.05) is 24.9 Å². The molecule has 0 fully saturated rings. The van der Waals surface area contributed by atoms with Crippen LogP contribution in [0.25, 0.3) is 10.9 Å². The average Bonchev–Trinajstić information content (AvgIpc) is 2.29. The van der Waals surface area contributed by atoms with E-state index in [2.05, 4.69) is 11.9 Å². The zero-order valence-corrected chi connectivity index (χ0v) is 10.2. The lowest BCUT2D eigenvalue weighted by molar-refractivity contribution is 0.415. The van der Waals surface area contributed by atoms with E-state index in [1.807, 2.05) is 24.3 Å². The lowest BCUT2D eigenvalue weighted by atomic mass is 10.1. The fraction of sp³-hybridized carbons (Fsp3) is 0.308. The maximum absolute atomic E-state index is 6.23. The first kappa shape index (κ1) is 11.2. The highest BCUT2D eigenvalue weighted by atomic mass is 35.5. The van der Waals surface area contributed by atoms with Gasteiger partial charge in [-0.2, -0.15) is 0 Å². The summed E-state index contributed by atoms with van der Waals surface area (Å²) in [4.78, 5) is 4.56. The zero-order chi connectivity index (χ0) is 11.5. The van der Waals surface area contributed by atoms with Crippen molar-refractivity contribution in [3.8, 4) is 5.75 Å². The third-order valence-electron chi connectivity index (χ3n) is 2.52. The summed E-state index contributed by atoms with van der Waals surface area (Å²) in [6, 6.07) is 7.70. The maximum Gasteiger partial charge on any atom is 0.119 e. The molecule has 0 saturated carbocycles. The molecule has 0 amide bonds. The van der Waals surface area contributed by atoms with Crippen molar-refractivity contribution >= 4 is 22.5 Å². The minimum absolute atomic E-state index is 0.743. The van der Waals surface area contributed by atoms with Crippen LogP contribution in [-0.4, -0.2) is 12.1 Å². The number of nitrogens with zero attached hydrogens (tertiary/aromatic N) is 1. The van der Waals surface area contributed by atoms with E-state index in [1.54, 1.807) is 7.11 Å². The minimum Gasteiger partial charge on any atom is -0.497 e. The zero-order valence-electron chi connectivity index (χ0n) is 9.46. The van der Waals surface area contributed by atoms with E-state index in [-0.39, 0.29) is 0 Å². The van der Waals surface area contributed by atoms with Crippen molar-refractivity contribution in [1.82, 2.24) is 4.98 Å². The van der Waals surface area contributed by atoms with Gasteiger partial charge in [-0.3, -0.25) is 4.98 Å². The standard InChI is InChI=1S/C13H14ClNO/c1-3-4-9-7-12(14)11-8-10(16-2)5-6-13(11)15-9/h5-8H,3-4H2,1-2H3. The van der Waals surface area contributed by atoms with Crippen molar-refractivity contribution in [3.05, 3.63) is 35.0 Å². The van der Waals surface area contributed by atoms with E-state index in [9.17, 15) is 0 Å². The summed E-state index contributed by atoms with van der Waals surface area (Å²) < 4.78 is 5.17. The van der Waals surface area contributed by atoms with Crippen LogP contribution >= 0.6 is 11.6 Å². The Morgan fingerprint density at radius 2 is 2.12 bits per heavy atom. The van der Waals surface area contributed by atoms with E-state index in [0.29, 0.717) is 0 Å². The van der Waals surface area contributed by atoms with Gasteiger partial charge in [-0.05, 0) is 30.7 Å². The van der Waals surface area contributed by atoms with Crippen LogP contribution < -0.4 is 4.74 Å². The number of ether oxygens (including phenoxy) is 1. The van der Waals surface area contributed by atoms with Crippen molar-refractivity contribution < 1.29 is 4.74 Å². The highest BCUT2D eigenvalue weighted by Crippen LogP contribution is 2.27. The molecule has 84 valence electrons. The third-order valence-corrected chi connectivity index (χ3v) is 2.84. The molecule has 0 saturated heterocycles. The van der Waals surface area contributed by atoms with Crippen LogP contribution in [0.5, 0.6) is 5.75 Å². The molecular weight excluding hydrogens is 222 g/mol. The summed E-state index contributed by atoms with van der Waals surface area (Å²) in [5.74, 6) is 0.805. The molecule has 0 aliphatic heterocycles. The maximum atomic E-state index is 6.23. The molecule has 0 spiro atoms. The molecule has 0 aliphatic carbocycles. The van der Waals surface area contributed by atoms with E-state index in [4.69, 9.17) is 16.3 Å². The Balaban J connectivity index is 2.57. The van der Waals surface area contributed by atoms with Crippen LogP contribution in [0.1, 0.15) is 19.0 Å². The minimum atomic E-state index is 0.743. The molecular formula is C13H14ClNO. The van der Waals surface area contributed by atoms with Gasteiger partial charge in [0.25, 0.3) is 0 Å². The largest absolute Gasteiger partial charge is 0.497 e. The topological polar surface area (TPSA) is 22.1 Å². The Bertz CT molecular complexity index is 511. The molecule has 1 aromatic heterocycles. The van der Waals surface area contributed by atoms with Gasteiger partial charge in [0, 0.05) is 11.1 Å². The second-order valence-corrected chi connectivity index (χ2v) is 4.14. The third kappa shape index (κ3) is 2.12. The summed E-state index contributed by atoms with van der Waals surface area (Å²) in [7, 11) is 1.65. The van der Waals surface area contributed by atoms with E-state index in [0.717, 1.165) is 40.2 Å².